The highest BCUT2D eigenvalue weighted by Crippen LogP contribution is 2.30. The summed E-state index contributed by atoms with van der Waals surface area (Å²) in [5.41, 5.74) is 4.66. The summed E-state index contributed by atoms with van der Waals surface area (Å²) in [6, 6.07) is 3.96. The molecule has 0 radical (unpaired) electrons. The second-order valence-electron chi connectivity index (χ2n) is 5.61. The molecule has 0 aliphatic rings. The minimum Gasteiger partial charge on any atom is -0.444 e. The van der Waals surface area contributed by atoms with E-state index < -0.39 is 29.5 Å². The van der Waals surface area contributed by atoms with Gasteiger partial charge in [0.1, 0.15) is 5.60 Å². The second kappa shape index (κ2) is 6.34. The number of nitrogens with one attached hydrogen (secondary N) is 1. The van der Waals surface area contributed by atoms with Gasteiger partial charge >= 0.3 is 12.3 Å². The van der Waals surface area contributed by atoms with Crippen LogP contribution in [-0.2, 0) is 10.9 Å². The molecule has 4 nitrogen and oxygen atoms in total. The first-order valence-electron chi connectivity index (χ1n) is 6.38. The molecule has 0 fully saturated rings. The Labute approximate surface area is 121 Å². The van der Waals surface area contributed by atoms with Gasteiger partial charge in [0.25, 0.3) is 0 Å². The van der Waals surface area contributed by atoms with Crippen LogP contribution in [0.1, 0.15) is 37.9 Å². The molecule has 0 aromatic heterocycles. The highest BCUT2D eigenvalue weighted by Gasteiger charge is 2.30. The number of carbonyl (C=O) groups excluding carboxylic acids is 1. The van der Waals surface area contributed by atoms with Gasteiger partial charge in [-0.15, -0.1) is 0 Å². The third kappa shape index (κ3) is 6.03. The molecule has 0 saturated heterocycles. The smallest absolute Gasteiger partial charge is 0.416 e. The number of amides is 1. The topological polar surface area (TPSA) is 64.3 Å². The number of ether oxygens (including phenoxy) is 1. The molecule has 1 rings (SSSR count). The van der Waals surface area contributed by atoms with Gasteiger partial charge < -0.3 is 15.8 Å². The Morgan fingerprint density at radius 3 is 2.48 bits per heavy atom. The Balaban J connectivity index is 2.64. The Kier molecular flexibility index (Phi) is 5.22. The lowest BCUT2D eigenvalue weighted by molar-refractivity contribution is -0.137. The molecule has 1 aromatic rings. The Bertz CT molecular complexity index is 496. The van der Waals surface area contributed by atoms with Crippen molar-refractivity contribution in [2.24, 2.45) is 5.73 Å². The first kappa shape index (κ1) is 17.3. The standard InChI is InChI=1S/C14H19F3N2O2/c1-13(2,3)21-12(20)19-8-11(18)9-5-4-6-10(7-9)14(15,16)17/h4-7,11H,8,18H2,1-3H3,(H,19,20). The van der Waals surface area contributed by atoms with E-state index in [4.69, 9.17) is 10.5 Å². The molecule has 0 bridgehead atoms. The number of hydrogen-bond donors (Lipinski definition) is 2. The summed E-state index contributed by atoms with van der Waals surface area (Å²) in [7, 11) is 0. The van der Waals surface area contributed by atoms with Crippen LogP contribution in [0.4, 0.5) is 18.0 Å². The van der Waals surface area contributed by atoms with Crippen molar-refractivity contribution < 1.29 is 22.7 Å². The molecule has 1 amide bonds. The van der Waals surface area contributed by atoms with Crippen LogP contribution in [-0.4, -0.2) is 18.2 Å². The highest BCUT2D eigenvalue weighted by molar-refractivity contribution is 5.67. The normalized spacial score (nSPS) is 13.7. The molecule has 1 aromatic carbocycles. The van der Waals surface area contributed by atoms with Gasteiger partial charge in [0.2, 0.25) is 0 Å². The average Bonchev–Trinajstić information content (AvgIpc) is 2.33. The van der Waals surface area contributed by atoms with E-state index in [0.29, 0.717) is 5.56 Å². The molecule has 0 heterocycles. The third-order valence-corrected chi connectivity index (χ3v) is 2.51. The van der Waals surface area contributed by atoms with E-state index in [1.165, 1.54) is 12.1 Å². The first-order valence-corrected chi connectivity index (χ1v) is 6.38. The number of nitrogens with two attached hydrogens (primary N) is 1. The van der Waals surface area contributed by atoms with Gasteiger partial charge in [0.15, 0.2) is 0 Å². The molecular formula is C14H19F3N2O2. The fourth-order valence-electron chi connectivity index (χ4n) is 1.57. The van der Waals surface area contributed by atoms with Gasteiger partial charge in [-0.05, 0) is 38.5 Å². The van der Waals surface area contributed by atoms with Crippen molar-refractivity contribution in [2.75, 3.05) is 6.54 Å². The minimum absolute atomic E-state index is 0.0176. The number of carbonyl (C=O) groups is 1. The first-order chi connectivity index (χ1) is 9.49. The molecule has 0 aliphatic carbocycles. The Hall–Kier alpha value is -1.76. The number of alkyl halides is 3. The van der Waals surface area contributed by atoms with Crippen molar-refractivity contribution in [2.45, 2.75) is 38.6 Å². The molecule has 7 heteroatoms. The Morgan fingerprint density at radius 1 is 1.33 bits per heavy atom. The lowest BCUT2D eigenvalue weighted by Gasteiger charge is -2.21. The van der Waals surface area contributed by atoms with Gasteiger partial charge in [-0.3, -0.25) is 0 Å². The Morgan fingerprint density at radius 2 is 1.95 bits per heavy atom. The van der Waals surface area contributed by atoms with E-state index in [0.717, 1.165) is 12.1 Å². The van der Waals surface area contributed by atoms with E-state index in [1.807, 2.05) is 0 Å². The number of rotatable bonds is 3. The minimum atomic E-state index is -4.42. The molecule has 21 heavy (non-hydrogen) atoms. The summed E-state index contributed by atoms with van der Waals surface area (Å²) in [4.78, 5) is 11.5. The summed E-state index contributed by atoms with van der Waals surface area (Å²) in [6.45, 7) is 5.11. The maximum Gasteiger partial charge on any atom is 0.416 e. The van der Waals surface area contributed by atoms with Crippen molar-refractivity contribution in [3.63, 3.8) is 0 Å². The molecule has 0 saturated carbocycles. The van der Waals surface area contributed by atoms with Crippen LogP contribution in [0.15, 0.2) is 24.3 Å². The molecule has 1 atom stereocenters. The van der Waals surface area contributed by atoms with Crippen molar-refractivity contribution in [3.05, 3.63) is 35.4 Å². The molecular weight excluding hydrogens is 285 g/mol. The average molecular weight is 304 g/mol. The zero-order valence-electron chi connectivity index (χ0n) is 12.1. The van der Waals surface area contributed by atoms with E-state index in [2.05, 4.69) is 5.32 Å². The lowest BCUT2D eigenvalue weighted by Crippen LogP contribution is -2.36. The van der Waals surface area contributed by atoms with Gasteiger partial charge in [0.05, 0.1) is 5.56 Å². The van der Waals surface area contributed by atoms with Gasteiger partial charge in [0, 0.05) is 12.6 Å². The zero-order chi connectivity index (χ0) is 16.3. The van der Waals surface area contributed by atoms with Crippen molar-refractivity contribution >= 4 is 6.09 Å². The van der Waals surface area contributed by atoms with E-state index in [9.17, 15) is 18.0 Å². The fourth-order valence-corrected chi connectivity index (χ4v) is 1.57. The molecule has 118 valence electrons. The number of hydrogen-bond acceptors (Lipinski definition) is 3. The molecule has 0 aliphatic heterocycles. The third-order valence-electron chi connectivity index (χ3n) is 2.51. The van der Waals surface area contributed by atoms with Crippen LogP contribution in [0, 0.1) is 0 Å². The summed E-state index contributed by atoms with van der Waals surface area (Å²) < 4.78 is 42.8. The van der Waals surface area contributed by atoms with Crippen LogP contribution < -0.4 is 11.1 Å². The van der Waals surface area contributed by atoms with Gasteiger partial charge in [-0.1, -0.05) is 12.1 Å². The molecule has 3 N–H and O–H groups in total. The SMILES string of the molecule is CC(C)(C)OC(=O)NCC(N)c1cccc(C(F)(F)F)c1. The quantitative estimate of drug-likeness (QED) is 0.901. The summed E-state index contributed by atoms with van der Waals surface area (Å²) in [5, 5.41) is 2.43. The van der Waals surface area contributed by atoms with Crippen molar-refractivity contribution in [1.82, 2.24) is 5.32 Å². The zero-order valence-corrected chi connectivity index (χ0v) is 12.1. The maximum atomic E-state index is 12.6. The van der Waals surface area contributed by atoms with Gasteiger partial charge in [-0.2, -0.15) is 13.2 Å². The number of benzene rings is 1. The maximum absolute atomic E-state index is 12.6. The lowest BCUT2D eigenvalue weighted by atomic mass is 10.0. The van der Waals surface area contributed by atoms with Gasteiger partial charge in [-0.25, -0.2) is 4.79 Å². The van der Waals surface area contributed by atoms with Crippen LogP contribution >= 0.6 is 0 Å². The van der Waals surface area contributed by atoms with Crippen molar-refractivity contribution in [3.8, 4) is 0 Å². The van der Waals surface area contributed by atoms with E-state index >= 15 is 0 Å². The highest BCUT2D eigenvalue weighted by atomic mass is 19.4. The predicted molar refractivity (Wildman–Crippen MR) is 72.6 cm³/mol. The second-order valence-corrected chi connectivity index (χ2v) is 5.61. The molecule has 0 spiro atoms. The summed E-state index contributed by atoms with van der Waals surface area (Å²) >= 11 is 0. The number of halogens is 3. The van der Waals surface area contributed by atoms with Crippen LogP contribution in [0.25, 0.3) is 0 Å². The largest absolute Gasteiger partial charge is 0.444 e. The predicted octanol–water partition coefficient (Wildman–Crippen LogP) is 3.23. The van der Waals surface area contributed by atoms with Crippen LogP contribution in [0.2, 0.25) is 0 Å². The van der Waals surface area contributed by atoms with Crippen LogP contribution in [0.3, 0.4) is 0 Å². The van der Waals surface area contributed by atoms with Crippen LogP contribution in [0.5, 0.6) is 0 Å². The fraction of sp³-hybridized carbons (Fsp3) is 0.500. The monoisotopic (exact) mass is 304 g/mol. The van der Waals surface area contributed by atoms with E-state index in [-0.39, 0.29) is 6.54 Å². The summed E-state index contributed by atoms with van der Waals surface area (Å²) in [6.07, 6.45) is -5.08. The number of alkyl carbamates (subject to hydrolysis) is 1. The molecule has 1 unspecified atom stereocenters. The van der Waals surface area contributed by atoms with E-state index in [1.54, 1.807) is 20.8 Å². The summed E-state index contributed by atoms with van der Waals surface area (Å²) in [5.74, 6) is 0. The van der Waals surface area contributed by atoms with Crippen molar-refractivity contribution in [1.29, 1.82) is 0 Å².